The summed E-state index contributed by atoms with van der Waals surface area (Å²) in [5, 5.41) is 0. The largest absolute Gasteiger partial charge is 0.435 e. The average molecular weight is 334 g/mol. The van der Waals surface area contributed by atoms with Crippen molar-refractivity contribution < 1.29 is 19.1 Å². The molecule has 0 aromatic carbocycles. The van der Waals surface area contributed by atoms with Gasteiger partial charge < -0.3 is 9.47 Å². The quantitative estimate of drug-likeness (QED) is 0.242. The summed E-state index contributed by atoms with van der Waals surface area (Å²) in [4.78, 5) is 24.5. The molecule has 4 heteroatoms. The van der Waals surface area contributed by atoms with Crippen LogP contribution in [0.4, 0.5) is 0 Å². The number of esters is 2. The summed E-state index contributed by atoms with van der Waals surface area (Å²) in [6, 6.07) is 0. The van der Waals surface area contributed by atoms with Crippen LogP contribution in [-0.4, -0.2) is 11.9 Å². The third-order valence-corrected chi connectivity index (χ3v) is 4.05. The van der Waals surface area contributed by atoms with E-state index in [9.17, 15) is 9.59 Å². The van der Waals surface area contributed by atoms with Gasteiger partial charge in [-0.25, -0.2) is 0 Å². The van der Waals surface area contributed by atoms with Gasteiger partial charge in [-0.1, -0.05) is 38.8 Å². The Kier molecular flexibility index (Phi) is 10.6. The second kappa shape index (κ2) is 12.6. The molecule has 0 aromatic heterocycles. The van der Waals surface area contributed by atoms with Crippen LogP contribution in [0.25, 0.3) is 0 Å². The lowest BCUT2D eigenvalue weighted by Gasteiger charge is -2.23. The normalized spacial score (nSPS) is 20.6. The van der Waals surface area contributed by atoms with Crippen molar-refractivity contribution in [2.75, 3.05) is 0 Å². The Morgan fingerprint density at radius 1 is 0.875 bits per heavy atom. The Bertz CT molecular complexity index is 420. The highest BCUT2D eigenvalue weighted by Crippen LogP contribution is 2.28. The summed E-state index contributed by atoms with van der Waals surface area (Å²) in [6.45, 7) is 4.22. The molecule has 0 aliphatic heterocycles. The minimum absolute atomic E-state index is 0.357. The Morgan fingerprint density at radius 2 is 1.29 bits per heavy atom. The van der Waals surface area contributed by atoms with Crippen molar-refractivity contribution in [3.05, 3.63) is 36.8 Å². The van der Waals surface area contributed by atoms with Crippen LogP contribution in [-0.2, 0) is 19.1 Å². The van der Waals surface area contributed by atoms with E-state index in [-0.39, 0.29) is 11.9 Å². The zero-order chi connectivity index (χ0) is 17.6. The topological polar surface area (TPSA) is 52.6 Å². The minimum Gasteiger partial charge on any atom is -0.435 e. The van der Waals surface area contributed by atoms with Crippen LogP contribution < -0.4 is 0 Å². The highest BCUT2D eigenvalue weighted by Gasteiger charge is 2.35. The van der Waals surface area contributed by atoms with Crippen LogP contribution >= 0.6 is 0 Å². The lowest BCUT2D eigenvalue weighted by atomic mass is 9.83. The highest BCUT2D eigenvalue weighted by molar-refractivity contribution is 5.83. The number of unbranched alkanes of at least 4 members (excludes halogenated alkanes) is 4. The maximum absolute atomic E-state index is 12.2. The van der Waals surface area contributed by atoms with Gasteiger partial charge in [0.05, 0.1) is 24.4 Å². The molecule has 0 saturated heterocycles. The number of ether oxygens (including phenoxy) is 2. The van der Waals surface area contributed by atoms with Gasteiger partial charge in [0.15, 0.2) is 0 Å². The monoisotopic (exact) mass is 334 g/mol. The van der Waals surface area contributed by atoms with Crippen molar-refractivity contribution in [1.82, 2.24) is 0 Å². The van der Waals surface area contributed by atoms with E-state index in [2.05, 4.69) is 13.8 Å². The molecule has 1 aliphatic carbocycles. The fourth-order valence-electron chi connectivity index (χ4n) is 2.52. The summed E-state index contributed by atoms with van der Waals surface area (Å²) < 4.78 is 10.4. The predicted octanol–water partition coefficient (Wildman–Crippen LogP) is 5.06. The van der Waals surface area contributed by atoms with Gasteiger partial charge >= 0.3 is 11.9 Å². The van der Waals surface area contributed by atoms with Gasteiger partial charge in [0.25, 0.3) is 0 Å². The minimum atomic E-state index is -0.470. The SMILES string of the molecule is CCCC/C=C/OC(=O)C1CC=CCC1C(=O)O/C=C/CCCC. The van der Waals surface area contributed by atoms with Crippen LogP contribution in [0, 0.1) is 11.8 Å². The van der Waals surface area contributed by atoms with Crippen molar-refractivity contribution in [3.63, 3.8) is 0 Å². The molecular weight excluding hydrogens is 304 g/mol. The Morgan fingerprint density at radius 3 is 1.67 bits per heavy atom. The van der Waals surface area contributed by atoms with Crippen molar-refractivity contribution in [1.29, 1.82) is 0 Å². The van der Waals surface area contributed by atoms with E-state index >= 15 is 0 Å². The first-order valence-electron chi connectivity index (χ1n) is 9.06. The molecular formula is C20H30O4. The first kappa shape index (κ1) is 20.2. The van der Waals surface area contributed by atoms with Gasteiger partial charge in [-0.2, -0.15) is 0 Å². The molecule has 1 rings (SSSR count). The molecule has 4 nitrogen and oxygen atoms in total. The van der Waals surface area contributed by atoms with Crippen molar-refractivity contribution in [2.24, 2.45) is 11.8 Å². The van der Waals surface area contributed by atoms with Gasteiger partial charge in [-0.3, -0.25) is 9.59 Å². The van der Waals surface area contributed by atoms with Crippen LogP contribution in [0.2, 0.25) is 0 Å². The highest BCUT2D eigenvalue weighted by atomic mass is 16.5. The number of hydrogen-bond acceptors (Lipinski definition) is 4. The van der Waals surface area contributed by atoms with E-state index in [0.717, 1.165) is 38.5 Å². The second-order valence-corrected chi connectivity index (χ2v) is 6.06. The molecule has 0 aromatic rings. The molecule has 1 aliphatic rings. The number of allylic oxidation sites excluding steroid dienone is 4. The summed E-state index contributed by atoms with van der Waals surface area (Å²) in [7, 11) is 0. The summed E-state index contributed by atoms with van der Waals surface area (Å²) in [5.41, 5.74) is 0. The van der Waals surface area contributed by atoms with Crippen LogP contribution in [0.15, 0.2) is 36.8 Å². The summed E-state index contributed by atoms with van der Waals surface area (Å²) >= 11 is 0. The zero-order valence-corrected chi connectivity index (χ0v) is 14.9. The Hall–Kier alpha value is -1.84. The van der Waals surface area contributed by atoms with Gasteiger partial charge in [0.1, 0.15) is 0 Å². The maximum Gasteiger partial charge on any atom is 0.314 e. The molecule has 0 saturated carbocycles. The van der Waals surface area contributed by atoms with E-state index in [4.69, 9.17) is 9.47 Å². The van der Waals surface area contributed by atoms with Crippen LogP contribution in [0.5, 0.6) is 0 Å². The summed E-state index contributed by atoms with van der Waals surface area (Å²) in [6.07, 6.45) is 17.6. The third kappa shape index (κ3) is 7.62. The van der Waals surface area contributed by atoms with Crippen LogP contribution in [0.3, 0.4) is 0 Å². The third-order valence-electron chi connectivity index (χ3n) is 4.05. The Labute approximate surface area is 145 Å². The number of carbonyl (C=O) groups excluding carboxylic acids is 2. The lowest BCUT2D eigenvalue weighted by molar-refractivity contribution is -0.154. The maximum atomic E-state index is 12.2. The van der Waals surface area contributed by atoms with Gasteiger partial charge in [0.2, 0.25) is 0 Å². The predicted molar refractivity (Wildman–Crippen MR) is 94.9 cm³/mol. The van der Waals surface area contributed by atoms with E-state index in [1.165, 1.54) is 12.5 Å². The molecule has 0 heterocycles. The Balaban J connectivity index is 2.50. The number of carbonyl (C=O) groups is 2. The molecule has 0 radical (unpaired) electrons. The molecule has 0 amide bonds. The van der Waals surface area contributed by atoms with Crippen LogP contribution in [0.1, 0.15) is 65.2 Å². The molecule has 24 heavy (non-hydrogen) atoms. The van der Waals surface area contributed by atoms with Crippen molar-refractivity contribution in [3.8, 4) is 0 Å². The molecule has 2 atom stereocenters. The molecule has 0 N–H and O–H groups in total. The zero-order valence-electron chi connectivity index (χ0n) is 14.9. The van der Waals surface area contributed by atoms with Gasteiger partial charge in [0, 0.05) is 0 Å². The first-order chi connectivity index (χ1) is 11.7. The molecule has 0 spiro atoms. The van der Waals surface area contributed by atoms with E-state index in [0.29, 0.717) is 12.8 Å². The van der Waals surface area contributed by atoms with Crippen molar-refractivity contribution in [2.45, 2.75) is 65.2 Å². The molecule has 134 valence electrons. The standard InChI is InChI=1S/C20H30O4/c1-3-5-7-11-15-23-19(21)17-13-9-10-14-18(17)20(22)24-16-12-8-6-4-2/h9-12,15-18H,3-8,13-14H2,1-2H3/b15-11+,16-12+. The number of hydrogen-bond donors (Lipinski definition) is 0. The fraction of sp³-hybridized carbons (Fsp3) is 0.600. The van der Waals surface area contributed by atoms with E-state index < -0.39 is 11.8 Å². The number of rotatable bonds is 10. The van der Waals surface area contributed by atoms with E-state index in [1.807, 2.05) is 24.3 Å². The lowest BCUT2D eigenvalue weighted by Crippen LogP contribution is -2.32. The fourth-order valence-corrected chi connectivity index (χ4v) is 2.52. The van der Waals surface area contributed by atoms with E-state index in [1.54, 1.807) is 0 Å². The van der Waals surface area contributed by atoms with Gasteiger partial charge in [-0.05, 0) is 50.7 Å². The smallest absolute Gasteiger partial charge is 0.314 e. The molecule has 0 bridgehead atoms. The first-order valence-corrected chi connectivity index (χ1v) is 9.06. The van der Waals surface area contributed by atoms with Gasteiger partial charge in [-0.15, -0.1) is 0 Å². The molecule has 0 fully saturated rings. The van der Waals surface area contributed by atoms with Crippen molar-refractivity contribution >= 4 is 11.9 Å². The molecule has 2 unspecified atom stereocenters. The summed E-state index contributed by atoms with van der Waals surface area (Å²) in [5.74, 6) is -1.65. The second-order valence-electron chi connectivity index (χ2n) is 6.06. The average Bonchev–Trinajstić information content (AvgIpc) is 2.61.